The van der Waals surface area contributed by atoms with Crippen molar-refractivity contribution in [1.82, 2.24) is 4.98 Å². The van der Waals surface area contributed by atoms with E-state index in [-0.39, 0.29) is 18.1 Å². The average molecular weight is 352 g/mol. The van der Waals surface area contributed by atoms with Crippen LogP contribution in [-0.2, 0) is 20.7 Å². The number of aliphatic carboxylic acids is 1. The van der Waals surface area contributed by atoms with Gasteiger partial charge in [0.15, 0.2) is 0 Å². The number of carboxylic acids is 1. The summed E-state index contributed by atoms with van der Waals surface area (Å²) in [5.74, 6) is -2.60. The Bertz CT molecular complexity index is 806. The van der Waals surface area contributed by atoms with Crippen LogP contribution in [0.3, 0.4) is 0 Å². The van der Waals surface area contributed by atoms with Crippen molar-refractivity contribution in [2.24, 2.45) is 11.8 Å². The van der Waals surface area contributed by atoms with Crippen LogP contribution < -0.4 is 5.32 Å². The van der Waals surface area contributed by atoms with Crippen molar-refractivity contribution in [2.45, 2.75) is 31.5 Å². The second kappa shape index (κ2) is 6.88. The zero-order valence-corrected chi connectivity index (χ0v) is 14.2. The topological polar surface area (TPSA) is 88.5 Å². The maximum absolute atomic E-state index is 12.6. The Balaban J connectivity index is 1.42. The first-order valence-electron chi connectivity index (χ1n) is 8.79. The standard InChI is InChI=1S/C20H20N2O4/c23-19(17-15-5-6-16(26-15)18(17)20(24)25)22-14-3-1-12(2-4-14)11-13-7-9-21-10-8-13/h1-4,7-10,15-18H,5-6,11H2,(H,22,23)(H,24,25)/t15-,16-,17-,18-/m0/s1. The molecule has 2 aliphatic heterocycles. The van der Waals surface area contributed by atoms with Gasteiger partial charge in [-0.1, -0.05) is 12.1 Å². The summed E-state index contributed by atoms with van der Waals surface area (Å²) in [7, 11) is 0. The fourth-order valence-electron chi connectivity index (χ4n) is 3.99. The summed E-state index contributed by atoms with van der Waals surface area (Å²) in [6, 6.07) is 11.5. The molecule has 4 rings (SSSR count). The van der Waals surface area contributed by atoms with Crippen LogP contribution in [0.4, 0.5) is 5.69 Å². The molecule has 0 radical (unpaired) electrons. The van der Waals surface area contributed by atoms with Crippen LogP contribution in [-0.4, -0.2) is 34.2 Å². The van der Waals surface area contributed by atoms with Gasteiger partial charge in [0.2, 0.25) is 5.91 Å². The number of carbonyl (C=O) groups excluding carboxylic acids is 1. The first kappa shape index (κ1) is 16.7. The number of ether oxygens (including phenoxy) is 1. The number of carbonyl (C=O) groups is 2. The quantitative estimate of drug-likeness (QED) is 0.863. The fraction of sp³-hybridized carbons (Fsp3) is 0.350. The molecule has 3 heterocycles. The number of aromatic nitrogens is 1. The second-order valence-electron chi connectivity index (χ2n) is 6.90. The molecule has 2 N–H and O–H groups in total. The van der Waals surface area contributed by atoms with E-state index in [1.165, 1.54) is 5.56 Å². The van der Waals surface area contributed by atoms with E-state index in [1.807, 2.05) is 36.4 Å². The summed E-state index contributed by atoms with van der Waals surface area (Å²) in [5.41, 5.74) is 2.96. The van der Waals surface area contributed by atoms with E-state index in [0.29, 0.717) is 5.69 Å². The maximum atomic E-state index is 12.6. The molecule has 0 spiro atoms. The van der Waals surface area contributed by atoms with E-state index in [4.69, 9.17) is 4.74 Å². The number of hydrogen-bond acceptors (Lipinski definition) is 4. The molecule has 0 aliphatic carbocycles. The van der Waals surface area contributed by atoms with Gasteiger partial charge in [0.05, 0.1) is 24.0 Å². The lowest BCUT2D eigenvalue weighted by Crippen LogP contribution is -2.40. The molecule has 2 aromatic rings. The Hall–Kier alpha value is -2.73. The molecule has 134 valence electrons. The highest BCUT2D eigenvalue weighted by Crippen LogP contribution is 2.44. The number of rotatable bonds is 5. The van der Waals surface area contributed by atoms with Gasteiger partial charge in [0.1, 0.15) is 0 Å². The number of nitrogens with one attached hydrogen (secondary N) is 1. The smallest absolute Gasteiger partial charge is 0.310 e. The zero-order valence-electron chi connectivity index (χ0n) is 14.2. The van der Waals surface area contributed by atoms with Gasteiger partial charge in [-0.15, -0.1) is 0 Å². The van der Waals surface area contributed by atoms with Crippen LogP contribution in [0.1, 0.15) is 24.0 Å². The maximum Gasteiger partial charge on any atom is 0.310 e. The Labute approximate surface area is 151 Å². The minimum Gasteiger partial charge on any atom is -0.481 e. The third-order valence-corrected chi connectivity index (χ3v) is 5.24. The molecule has 6 heteroatoms. The summed E-state index contributed by atoms with van der Waals surface area (Å²) in [6.45, 7) is 0. The molecule has 1 aromatic carbocycles. The van der Waals surface area contributed by atoms with Crippen molar-refractivity contribution in [3.8, 4) is 0 Å². The third kappa shape index (κ3) is 3.20. The fourth-order valence-corrected chi connectivity index (χ4v) is 3.99. The molecule has 1 aromatic heterocycles. The van der Waals surface area contributed by atoms with Crippen LogP contribution >= 0.6 is 0 Å². The molecule has 0 saturated carbocycles. The largest absolute Gasteiger partial charge is 0.481 e. The molecule has 2 saturated heterocycles. The van der Waals surface area contributed by atoms with E-state index in [9.17, 15) is 14.7 Å². The van der Waals surface area contributed by atoms with Gasteiger partial charge >= 0.3 is 5.97 Å². The molecular formula is C20H20N2O4. The third-order valence-electron chi connectivity index (χ3n) is 5.24. The van der Waals surface area contributed by atoms with Crippen LogP contribution in [0, 0.1) is 11.8 Å². The van der Waals surface area contributed by atoms with Gasteiger partial charge in [-0.25, -0.2) is 0 Å². The van der Waals surface area contributed by atoms with E-state index in [0.717, 1.165) is 24.8 Å². The molecule has 2 fully saturated rings. The summed E-state index contributed by atoms with van der Waals surface area (Å²) >= 11 is 0. The monoisotopic (exact) mass is 352 g/mol. The number of hydrogen-bond donors (Lipinski definition) is 2. The molecule has 4 atom stereocenters. The van der Waals surface area contributed by atoms with Gasteiger partial charge in [-0.3, -0.25) is 14.6 Å². The van der Waals surface area contributed by atoms with E-state index >= 15 is 0 Å². The predicted octanol–water partition coefficient (Wildman–Crippen LogP) is 2.49. The van der Waals surface area contributed by atoms with Crippen molar-refractivity contribution >= 4 is 17.6 Å². The summed E-state index contributed by atoms with van der Waals surface area (Å²) in [5, 5.41) is 12.3. The number of benzene rings is 1. The number of carboxylic acid groups (broad SMARTS) is 1. The first-order chi connectivity index (χ1) is 12.6. The van der Waals surface area contributed by atoms with Gasteiger partial charge < -0.3 is 15.2 Å². The van der Waals surface area contributed by atoms with Crippen molar-refractivity contribution in [1.29, 1.82) is 0 Å². The molecule has 1 amide bonds. The van der Waals surface area contributed by atoms with Crippen molar-refractivity contribution in [3.05, 3.63) is 59.9 Å². The number of nitrogens with zero attached hydrogens (tertiary/aromatic N) is 1. The minimum atomic E-state index is -0.954. The number of fused-ring (bicyclic) bond motifs is 2. The van der Waals surface area contributed by atoms with Crippen LogP contribution in [0.5, 0.6) is 0 Å². The number of pyridine rings is 1. The molecule has 2 bridgehead atoms. The second-order valence-corrected chi connectivity index (χ2v) is 6.90. The van der Waals surface area contributed by atoms with Crippen LogP contribution in [0.15, 0.2) is 48.8 Å². The van der Waals surface area contributed by atoms with Crippen LogP contribution in [0.2, 0.25) is 0 Å². The molecule has 0 unspecified atom stereocenters. The number of anilines is 1. The lowest BCUT2D eigenvalue weighted by Gasteiger charge is -2.23. The van der Waals surface area contributed by atoms with Crippen LogP contribution in [0.25, 0.3) is 0 Å². The normalized spacial score (nSPS) is 26.6. The highest BCUT2D eigenvalue weighted by molar-refractivity contribution is 5.96. The van der Waals surface area contributed by atoms with Gasteiger partial charge in [-0.2, -0.15) is 0 Å². The highest BCUT2D eigenvalue weighted by atomic mass is 16.5. The van der Waals surface area contributed by atoms with Crippen molar-refractivity contribution in [2.75, 3.05) is 5.32 Å². The Kier molecular flexibility index (Phi) is 4.42. The minimum absolute atomic E-state index is 0.272. The predicted molar refractivity (Wildman–Crippen MR) is 94.6 cm³/mol. The average Bonchev–Trinajstić information content (AvgIpc) is 3.25. The SMILES string of the molecule is O=C(O)[C@@H]1[C@@H](C(=O)Nc2ccc(Cc3ccncc3)cc2)[C@@H]2CC[C@@H]1O2. The lowest BCUT2D eigenvalue weighted by atomic mass is 9.78. The van der Waals surface area contributed by atoms with Gasteiger partial charge in [0.25, 0.3) is 0 Å². The van der Waals surface area contributed by atoms with Crippen molar-refractivity contribution < 1.29 is 19.4 Å². The summed E-state index contributed by atoms with van der Waals surface area (Å²) in [4.78, 5) is 28.2. The first-order valence-corrected chi connectivity index (χ1v) is 8.79. The van der Waals surface area contributed by atoms with E-state index in [1.54, 1.807) is 12.4 Å². The lowest BCUT2D eigenvalue weighted by molar-refractivity contribution is -0.147. The van der Waals surface area contributed by atoms with Crippen molar-refractivity contribution in [3.63, 3.8) is 0 Å². The molecule has 26 heavy (non-hydrogen) atoms. The number of amides is 1. The summed E-state index contributed by atoms with van der Waals surface area (Å²) in [6.07, 6.45) is 5.16. The van der Waals surface area contributed by atoms with E-state index in [2.05, 4.69) is 10.3 Å². The highest BCUT2D eigenvalue weighted by Gasteiger charge is 2.55. The van der Waals surface area contributed by atoms with Gasteiger partial charge in [0, 0.05) is 18.1 Å². The molecule has 6 nitrogen and oxygen atoms in total. The zero-order chi connectivity index (χ0) is 18.1. The Morgan fingerprint density at radius 2 is 1.62 bits per heavy atom. The Morgan fingerprint density at radius 3 is 2.27 bits per heavy atom. The van der Waals surface area contributed by atoms with E-state index < -0.39 is 17.8 Å². The summed E-state index contributed by atoms with van der Waals surface area (Å²) < 4.78 is 5.66. The Morgan fingerprint density at radius 1 is 1.00 bits per heavy atom. The molecular weight excluding hydrogens is 332 g/mol. The molecule has 2 aliphatic rings. The van der Waals surface area contributed by atoms with Gasteiger partial charge in [-0.05, 0) is 54.7 Å².